The second-order valence-corrected chi connectivity index (χ2v) is 6.22. The average molecular weight is 294 g/mol. The minimum absolute atomic E-state index is 0.0857. The highest BCUT2D eigenvalue weighted by Crippen LogP contribution is 2.13. The van der Waals surface area contributed by atoms with E-state index in [2.05, 4.69) is 35.9 Å². The molecule has 0 saturated carbocycles. The number of aryl methyl sites for hydroxylation is 1. The first-order valence-electron chi connectivity index (χ1n) is 7.14. The summed E-state index contributed by atoms with van der Waals surface area (Å²) in [6, 6.07) is 2.09. The molecule has 6 heteroatoms. The molecule has 5 nitrogen and oxygen atoms in total. The molecule has 0 aliphatic heterocycles. The van der Waals surface area contributed by atoms with Crippen molar-refractivity contribution in [1.82, 2.24) is 19.5 Å². The molecule has 0 spiro atoms. The van der Waals surface area contributed by atoms with Gasteiger partial charge in [0.1, 0.15) is 5.01 Å². The zero-order valence-electron chi connectivity index (χ0n) is 12.6. The molecule has 0 saturated heterocycles. The lowest BCUT2D eigenvalue weighted by Gasteiger charge is -2.23. The van der Waals surface area contributed by atoms with Crippen LogP contribution in [0.25, 0.3) is 4.96 Å². The lowest BCUT2D eigenvalue weighted by Crippen LogP contribution is -2.29. The highest BCUT2D eigenvalue weighted by Gasteiger charge is 2.12. The summed E-state index contributed by atoms with van der Waals surface area (Å²) in [5.41, 5.74) is 0.740. The Balaban J connectivity index is 2.25. The van der Waals surface area contributed by atoms with Gasteiger partial charge in [-0.15, -0.1) is 0 Å². The molecule has 0 aliphatic carbocycles. The van der Waals surface area contributed by atoms with Crippen molar-refractivity contribution in [3.05, 3.63) is 27.1 Å². The Labute approximate surface area is 123 Å². The van der Waals surface area contributed by atoms with Gasteiger partial charge >= 0.3 is 0 Å². The Morgan fingerprint density at radius 1 is 1.45 bits per heavy atom. The number of hydrogen-bond donors (Lipinski definition) is 0. The summed E-state index contributed by atoms with van der Waals surface area (Å²) in [6.45, 7) is 7.12. The molecule has 0 radical (unpaired) electrons. The van der Waals surface area contributed by atoms with Crippen LogP contribution >= 0.6 is 11.3 Å². The van der Waals surface area contributed by atoms with E-state index in [0.717, 1.165) is 30.0 Å². The van der Waals surface area contributed by atoms with Crippen LogP contribution in [0.2, 0.25) is 0 Å². The van der Waals surface area contributed by atoms with Gasteiger partial charge in [-0.05, 0) is 26.8 Å². The van der Waals surface area contributed by atoms with Crippen LogP contribution in [-0.2, 0) is 13.0 Å². The largest absolute Gasteiger partial charge is 0.298 e. The van der Waals surface area contributed by atoms with Crippen molar-refractivity contribution in [1.29, 1.82) is 0 Å². The van der Waals surface area contributed by atoms with E-state index in [-0.39, 0.29) is 5.56 Å². The Morgan fingerprint density at radius 3 is 2.85 bits per heavy atom. The van der Waals surface area contributed by atoms with Crippen molar-refractivity contribution in [2.24, 2.45) is 0 Å². The van der Waals surface area contributed by atoms with Gasteiger partial charge in [-0.25, -0.2) is 4.98 Å². The molecule has 110 valence electrons. The van der Waals surface area contributed by atoms with Gasteiger partial charge in [0.15, 0.2) is 0 Å². The van der Waals surface area contributed by atoms with Gasteiger partial charge in [-0.2, -0.15) is 9.61 Å². The van der Waals surface area contributed by atoms with E-state index in [1.165, 1.54) is 15.9 Å². The Hall–Kier alpha value is -1.27. The van der Waals surface area contributed by atoms with Crippen molar-refractivity contribution < 1.29 is 0 Å². The maximum Gasteiger partial charge on any atom is 0.275 e. The van der Waals surface area contributed by atoms with Crippen LogP contribution in [0.3, 0.4) is 0 Å². The number of rotatable bonds is 6. The van der Waals surface area contributed by atoms with E-state index in [9.17, 15) is 4.79 Å². The highest BCUT2D eigenvalue weighted by molar-refractivity contribution is 7.16. The quantitative estimate of drug-likeness (QED) is 0.820. The van der Waals surface area contributed by atoms with E-state index in [0.29, 0.717) is 17.5 Å². The van der Waals surface area contributed by atoms with Crippen molar-refractivity contribution in [3.63, 3.8) is 0 Å². The maximum atomic E-state index is 12.1. The summed E-state index contributed by atoms with van der Waals surface area (Å²) < 4.78 is 1.41. The fraction of sp³-hybridized carbons (Fsp3) is 0.643. The molecule has 2 heterocycles. The normalized spacial score (nSPS) is 13.2. The maximum absolute atomic E-state index is 12.1. The molecule has 2 aromatic rings. The standard InChI is InChI=1S/C14H22N4OS/c1-5-7-10(3)17(4)9-11-8-13(19)18-14(15-11)20-12(6-2)16-18/h8,10H,5-7,9H2,1-4H3/t10-/m0/s1. The predicted octanol–water partition coefficient (Wildman–Crippen LogP) is 2.33. The van der Waals surface area contributed by atoms with E-state index in [4.69, 9.17) is 0 Å². The fourth-order valence-corrected chi connectivity index (χ4v) is 3.03. The van der Waals surface area contributed by atoms with Crippen molar-refractivity contribution >= 4 is 16.3 Å². The molecule has 0 amide bonds. The summed E-state index contributed by atoms with van der Waals surface area (Å²) in [4.78, 5) is 19.6. The van der Waals surface area contributed by atoms with E-state index in [1.54, 1.807) is 6.07 Å². The zero-order chi connectivity index (χ0) is 14.7. The van der Waals surface area contributed by atoms with Crippen molar-refractivity contribution in [2.75, 3.05) is 7.05 Å². The monoisotopic (exact) mass is 294 g/mol. The number of fused-ring (bicyclic) bond motifs is 1. The Morgan fingerprint density at radius 2 is 2.20 bits per heavy atom. The summed E-state index contributed by atoms with van der Waals surface area (Å²) in [6.07, 6.45) is 3.14. The second kappa shape index (κ2) is 6.45. The molecule has 0 bridgehead atoms. The van der Waals surface area contributed by atoms with Crippen LogP contribution in [0.15, 0.2) is 10.9 Å². The lowest BCUT2D eigenvalue weighted by molar-refractivity contribution is 0.234. The average Bonchev–Trinajstić information content (AvgIpc) is 2.82. The third-order valence-electron chi connectivity index (χ3n) is 3.51. The van der Waals surface area contributed by atoms with Gasteiger partial charge in [0.2, 0.25) is 4.96 Å². The van der Waals surface area contributed by atoms with Crippen LogP contribution in [-0.4, -0.2) is 32.6 Å². The van der Waals surface area contributed by atoms with Crippen LogP contribution in [0.5, 0.6) is 0 Å². The van der Waals surface area contributed by atoms with Gasteiger partial charge < -0.3 is 0 Å². The minimum Gasteiger partial charge on any atom is -0.298 e. The van der Waals surface area contributed by atoms with Gasteiger partial charge in [0, 0.05) is 18.7 Å². The molecular formula is C14H22N4OS. The number of hydrogen-bond acceptors (Lipinski definition) is 5. The van der Waals surface area contributed by atoms with Crippen molar-refractivity contribution in [3.8, 4) is 0 Å². The minimum atomic E-state index is -0.0857. The topological polar surface area (TPSA) is 50.5 Å². The van der Waals surface area contributed by atoms with E-state index >= 15 is 0 Å². The van der Waals surface area contributed by atoms with Crippen LogP contribution < -0.4 is 5.56 Å². The highest BCUT2D eigenvalue weighted by atomic mass is 32.1. The number of aromatic nitrogens is 3. The third kappa shape index (κ3) is 3.24. The summed E-state index contributed by atoms with van der Waals surface area (Å²) >= 11 is 1.49. The molecule has 20 heavy (non-hydrogen) atoms. The first-order valence-corrected chi connectivity index (χ1v) is 7.95. The van der Waals surface area contributed by atoms with Crippen LogP contribution in [0.1, 0.15) is 44.3 Å². The predicted molar refractivity (Wildman–Crippen MR) is 82.3 cm³/mol. The van der Waals surface area contributed by atoms with E-state index < -0.39 is 0 Å². The molecule has 1 atom stereocenters. The third-order valence-corrected chi connectivity index (χ3v) is 4.57. The van der Waals surface area contributed by atoms with Gasteiger partial charge in [0.05, 0.1) is 5.69 Å². The second-order valence-electron chi connectivity index (χ2n) is 5.18. The Kier molecular flexibility index (Phi) is 4.88. The number of nitrogens with zero attached hydrogens (tertiary/aromatic N) is 4. The molecule has 0 unspecified atom stereocenters. The molecule has 0 fully saturated rings. The van der Waals surface area contributed by atoms with Gasteiger partial charge in [-0.1, -0.05) is 31.6 Å². The zero-order valence-corrected chi connectivity index (χ0v) is 13.4. The first-order chi connectivity index (χ1) is 9.55. The molecule has 0 aliphatic rings. The first kappa shape index (κ1) is 15.1. The van der Waals surface area contributed by atoms with Crippen LogP contribution in [0, 0.1) is 0 Å². The van der Waals surface area contributed by atoms with Gasteiger partial charge in [0.25, 0.3) is 5.56 Å². The molecular weight excluding hydrogens is 272 g/mol. The lowest BCUT2D eigenvalue weighted by atomic mass is 10.1. The summed E-state index contributed by atoms with van der Waals surface area (Å²) in [7, 11) is 2.08. The van der Waals surface area contributed by atoms with Gasteiger partial charge in [-0.3, -0.25) is 9.69 Å². The van der Waals surface area contributed by atoms with E-state index in [1.807, 2.05) is 6.92 Å². The SMILES string of the molecule is CCC[C@H](C)N(C)Cc1cc(=O)n2nc(CC)sc2n1. The summed E-state index contributed by atoms with van der Waals surface area (Å²) in [5, 5.41) is 5.21. The smallest absolute Gasteiger partial charge is 0.275 e. The fourth-order valence-electron chi connectivity index (χ4n) is 2.17. The molecule has 0 N–H and O–H groups in total. The molecule has 2 rings (SSSR count). The van der Waals surface area contributed by atoms with Crippen LogP contribution in [0.4, 0.5) is 0 Å². The summed E-state index contributed by atoms with van der Waals surface area (Å²) in [5.74, 6) is 0. The Bertz CT molecular complexity index is 634. The molecule has 2 aromatic heterocycles. The molecule has 0 aromatic carbocycles. The van der Waals surface area contributed by atoms with Crippen molar-refractivity contribution in [2.45, 2.75) is 52.6 Å².